The van der Waals surface area contributed by atoms with E-state index in [4.69, 9.17) is 9.31 Å². The molecule has 0 N–H and O–H groups in total. The maximum absolute atomic E-state index is 11.4. The normalized spacial score (nSPS) is 19.9. The number of hydrogen-bond acceptors (Lipinski definition) is 3. The van der Waals surface area contributed by atoms with Gasteiger partial charge in [0.1, 0.15) is 0 Å². The molecule has 1 saturated heterocycles. The summed E-state index contributed by atoms with van der Waals surface area (Å²) in [6.45, 7) is 3.78. The van der Waals surface area contributed by atoms with Crippen LogP contribution in [0.25, 0.3) is 0 Å². The predicted octanol–water partition coefficient (Wildman–Crippen LogP) is 1.12. The van der Waals surface area contributed by atoms with Crippen LogP contribution in [0.3, 0.4) is 0 Å². The molecule has 0 unspecified atom stereocenters. The van der Waals surface area contributed by atoms with Gasteiger partial charge in [-0.05, 0) is 19.3 Å². The Balaban J connectivity index is 2.20. The minimum atomic E-state index is -0.567. The Labute approximate surface area is 89.5 Å². The van der Waals surface area contributed by atoms with Gasteiger partial charge in [0.2, 0.25) is 0 Å². The van der Waals surface area contributed by atoms with Crippen LogP contribution in [0.4, 0.5) is 0 Å². The number of benzene rings is 1. The fourth-order valence-electron chi connectivity index (χ4n) is 1.61. The number of rotatable bonds is 1. The first-order chi connectivity index (χ1) is 7.07. The third kappa shape index (κ3) is 2.39. The molecule has 3 nitrogen and oxygen atoms in total. The van der Waals surface area contributed by atoms with Gasteiger partial charge in [0.25, 0.3) is 5.97 Å². The molecule has 1 fully saturated rings. The first-order valence-electron chi connectivity index (χ1n) is 4.99. The molecule has 0 atom stereocenters. The van der Waals surface area contributed by atoms with E-state index in [0.717, 1.165) is 5.46 Å². The molecule has 1 aromatic carbocycles. The SMILES string of the molecule is CC1(C)CC(=O)OB(c2ccccc2)O1. The zero-order chi connectivity index (χ0) is 10.9. The van der Waals surface area contributed by atoms with Crippen LogP contribution in [-0.2, 0) is 14.1 Å². The zero-order valence-electron chi connectivity index (χ0n) is 8.90. The van der Waals surface area contributed by atoms with Crippen molar-refractivity contribution in [3.63, 3.8) is 0 Å². The van der Waals surface area contributed by atoms with Crippen molar-refractivity contribution in [2.45, 2.75) is 25.9 Å². The Bertz CT molecular complexity index is 361. The van der Waals surface area contributed by atoms with E-state index in [1.807, 2.05) is 44.2 Å². The van der Waals surface area contributed by atoms with E-state index in [1.54, 1.807) is 0 Å². The average molecular weight is 204 g/mol. The second kappa shape index (κ2) is 3.70. The lowest BCUT2D eigenvalue weighted by atomic mass is 9.76. The van der Waals surface area contributed by atoms with Crippen LogP contribution >= 0.6 is 0 Å². The Morgan fingerprint density at radius 3 is 2.53 bits per heavy atom. The molecule has 0 aliphatic carbocycles. The second-order valence-corrected chi connectivity index (χ2v) is 4.29. The van der Waals surface area contributed by atoms with E-state index in [9.17, 15) is 4.79 Å². The van der Waals surface area contributed by atoms with E-state index in [0.29, 0.717) is 6.42 Å². The highest BCUT2D eigenvalue weighted by atomic mass is 16.6. The molecule has 1 aliphatic rings. The van der Waals surface area contributed by atoms with E-state index < -0.39 is 12.7 Å². The fourth-order valence-corrected chi connectivity index (χ4v) is 1.61. The van der Waals surface area contributed by atoms with Crippen LogP contribution in [0.5, 0.6) is 0 Å². The standard InChI is InChI=1S/C11H13BO3/c1-11(2)8-10(13)14-12(15-11)9-6-4-3-5-7-9/h3-7H,8H2,1-2H3. The monoisotopic (exact) mass is 204 g/mol. The lowest BCUT2D eigenvalue weighted by molar-refractivity contribution is -0.145. The summed E-state index contributed by atoms with van der Waals surface area (Å²) in [5.41, 5.74) is 0.425. The van der Waals surface area contributed by atoms with Crippen molar-refractivity contribution < 1.29 is 14.1 Å². The smallest absolute Gasteiger partial charge is 0.506 e. The molecule has 0 amide bonds. The minimum Gasteiger partial charge on any atom is -0.506 e. The molecule has 1 heterocycles. The molecular weight excluding hydrogens is 191 g/mol. The average Bonchev–Trinajstić information content (AvgIpc) is 2.16. The van der Waals surface area contributed by atoms with Crippen molar-refractivity contribution in [3.05, 3.63) is 30.3 Å². The van der Waals surface area contributed by atoms with Gasteiger partial charge in [-0.3, -0.25) is 4.79 Å². The van der Waals surface area contributed by atoms with Crippen LogP contribution in [0.15, 0.2) is 30.3 Å². The molecule has 0 aromatic heterocycles. The van der Waals surface area contributed by atoms with Gasteiger partial charge in [0.05, 0.1) is 12.0 Å². The highest BCUT2D eigenvalue weighted by Gasteiger charge is 2.40. The largest absolute Gasteiger partial charge is 0.565 e. The highest BCUT2D eigenvalue weighted by molar-refractivity contribution is 6.63. The molecule has 1 aliphatic heterocycles. The summed E-state index contributed by atoms with van der Waals surface area (Å²) < 4.78 is 10.8. The third-order valence-electron chi connectivity index (χ3n) is 2.31. The van der Waals surface area contributed by atoms with Crippen LogP contribution < -0.4 is 5.46 Å². The van der Waals surface area contributed by atoms with Gasteiger partial charge in [0, 0.05) is 0 Å². The number of carbonyl (C=O) groups is 1. The molecule has 2 rings (SSSR count). The molecule has 0 spiro atoms. The molecule has 78 valence electrons. The number of carbonyl (C=O) groups excluding carboxylic acids is 1. The number of hydrogen-bond donors (Lipinski definition) is 0. The molecule has 0 bridgehead atoms. The maximum Gasteiger partial charge on any atom is 0.565 e. The Morgan fingerprint density at radius 1 is 1.27 bits per heavy atom. The third-order valence-corrected chi connectivity index (χ3v) is 2.31. The summed E-state index contributed by atoms with van der Waals surface area (Å²) in [5, 5.41) is 0. The van der Waals surface area contributed by atoms with Crippen LogP contribution in [-0.4, -0.2) is 18.7 Å². The first-order valence-corrected chi connectivity index (χ1v) is 4.99. The maximum atomic E-state index is 11.4. The van der Waals surface area contributed by atoms with Crippen molar-refractivity contribution in [1.82, 2.24) is 0 Å². The summed E-state index contributed by atoms with van der Waals surface area (Å²) in [5.74, 6) is -0.208. The highest BCUT2D eigenvalue weighted by Crippen LogP contribution is 2.21. The van der Waals surface area contributed by atoms with E-state index >= 15 is 0 Å². The first kappa shape index (κ1) is 10.2. The van der Waals surface area contributed by atoms with E-state index in [1.165, 1.54) is 0 Å². The van der Waals surface area contributed by atoms with Gasteiger partial charge in [0.15, 0.2) is 0 Å². The topological polar surface area (TPSA) is 35.5 Å². The van der Waals surface area contributed by atoms with Crippen molar-refractivity contribution in [2.75, 3.05) is 0 Å². The van der Waals surface area contributed by atoms with Gasteiger partial charge < -0.3 is 9.31 Å². The van der Waals surface area contributed by atoms with Crippen molar-refractivity contribution in [2.24, 2.45) is 0 Å². The Morgan fingerprint density at radius 2 is 1.93 bits per heavy atom. The molecule has 4 heteroatoms. The van der Waals surface area contributed by atoms with Crippen molar-refractivity contribution in [3.8, 4) is 0 Å². The van der Waals surface area contributed by atoms with Gasteiger partial charge in [-0.15, -0.1) is 0 Å². The molecular formula is C11H13BO3. The summed E-state index contributed by atoms with van der Waals surface area (Å²) in [7, 11) is -0.567. The molecule has 0 saturated carbocycles. The molecule has 15 heavy (non-hydrogen) atoms. The van der Waals surface area contributed by atoms with Crippen LogP contribution in [0, 0.1) is 0 Å². The van der Waals surface area contributed by atoms with Crippen LogP contribution in [0.1, 0.15) is 20.3 Å². The lowest BCUT2D eigenvalue weighted by Gasteiger charge is -2.33. The van der Waals surface area contributed by atoms with Gasteiger partial charge in [-0.25, -0.2) is 0 Å². The van der Waals surface area contributed by atoms with Gasteiger partial charge in [-0.1, -0.05) is 30.3 Å². The summed E-state index contributed by atoms with van der Waals surface area (Å²) in [6.07, 6.45) is 0.302. The Hall–Kier alpha value is -1.29. The predicted molar refractivity (Wildman–Crippen MR) is 57.7 cm³/mol. The van der Waals surface area contributed by atoms with Gasteiger partial charge >= 0.3 is 7.12 Å². The molecule has 1 aromatic rings. The summed E-state index contributed by atoms with van der Waals surface area (Å²) in [4.78, 5) is 11.4. The second-order valence-electron chi connectivity index (χ2n) is 4.29. The van der Waals surface area contributed by atoms with E-state index in [2.05, 4.69) is 0 Å². The fraction of sp³-hybridized carbons (Fsp3) is 0.364. The lowest BCUT2D eigenvalue weighted by Crippen LogP contribution is -2.50. The van der Waals surface area contributed by atoms with Crippen molar-refractivity contribution >= 4 is 18.6 Å². The summed E-state index contributed by atoms with van der Waals surface area (Å²) >= 11 is 0. The van der Waals surface area contributed by atoms with Crippen molar-refractivity contribution in [1.29, 1.82) is 0 Å². The summed E-state index contributed by atoms with van der Waals surface area (Å²) in [6, 6.07) is 9.49. The van der Waals surface area contributed by atoms with E-state index in [-0.39, 0.29) is 5.97 Å². The minimum absolute atomic E-state index is 0.208. The quantitative estimate of drug-likeness (QED) is 0.643. The molecule has 0 radical (unpaired) electrons. The zero-order valence-corrected chi connectivity index (χ0v) is 8.90. The van der Waals surface area contributed by atoms with Crippen LogP contribution in [0.2, 0.25) is 0 Å². The Kier molecular flexibility index (Phi) is 2.53. The van der Waals surface area contributed by atoms with Gasteiger partial charge in [-0.2, -0.15) is 0 Å².